The SMILES string of the molecule is N#Cc1cc([N+](=O)[O-])ccc1NCc1cccc(CN2CCCC2=O)c1. The van der Waals surface area contributed by atoms with Gasteiger partial charge in [0.25, 0.3) is 5.69 Å². The van der Waals surface area contributed by atoms with E-state index in [2.05, 4.69) is 5.32 Å². The van der Waals surface area contributed by atoms with E-state index in [1.54, 1.807) is 6.07 Å². The van der Waals surface area contributed by atoms with Crippen LogP contribution >= 0.6 is 0 Å². The first-order valence-corrected chi connectivity index (χ1v) is 8.35. The van der Waals surface area contributed by atoms with Crippen LogP contribution in [0.3, 0.4) is 0 Å². The van der Waals surface area contributed by atoms with E-state index in [4.69, 9.17) is 0 Å². The van der Waals surface area contributed by atoms with Gasteiger partial charge in [0.1, 0.15) is 6.07 Å². The minimum absolute atomic E-state index is 0.107. The predicted octanol–water partition coefficient (Wildman–Crippen LogP) is 3.20. The minimum atomic E-state index is -0.520. The summed E-state index contributed by atoms with van der Waals surface area (Å²) in [6.07, 6.45) is 1.54. The lowest BCUT2D eigenvalue weighted by atomic mass is 10.1. The van der Waals surface area contributed by atoms with Crippen LogP contribution < -0.4 is 5.32 Å². The number of nitriles is 1. The van der Waals surface area contributed by atoms with E-state index in [1.807, 2.05) is 35.2 Å². The molecule has 0 unspecified atom stereocenters. The van der Waals surface area contributed by atoms with E-state index in [0.717, 1.165) is 24.1 Å². The Morgan fingerprint density at radius 3 is 2.73 bits per heavy atom. The fourth-order valence-corrected chi connectivity index (χ4v) is 3.02. The summed E-state index contributed by atoms with van der Waals surface area (Å²) >= 11 is 0. The summed E-state index contributed by atoms with van der Waals surface area (Å²) in [7, 11) is 0. The van der Waals surface area contributed by atoms with Crippen LogP contribution in [0, 0.1) is 21.4 Å². The van der Waals surface area contributed by atoms with Gasteiger partial charge >= 0.3 is 0 Å². The maximum atomic E-state index is 11.8. The smallest absolute Gasteiger partial charge is 0.270 e. The van der Waals surface area contributed by atoms with Crippen LogP contribution in [0.2, 0.25) is 0 Å². The molecule has 0 aromatic heterocycles. The molecule has 7 heteroatoms. The highest BCUT2D eigenvalue weighted by Crippen LogP contribution is 2.22. The summed E-state index contributed by atoms with van der Waals surface area (Å²) in [6.45, 7) is 1.89. The normalized spacial score (nSPS) is 13.5. The predicted molar refractivity (Wildman–Crippen MR) is 96.2 cm³/mol. The lowest BCUT2D eigenvalue weighted by molar-refractivity contribution is -0.384. The van der Waals surface area contributed by atoms with Crippen LogP contribution in [-0.2, 0) is 17.9 Å². The summed E-state index contributed by atoms with van der Waals surface area (Å²) in [5.41, 5.74) is 2.75. The first kappa shape index (κ1) is 17.4. The van der Waals surface area contributed by atoms with Crippen molar-refractivity contribution in [3.63, 3.8) is 0 Å². The van der Waals surface area contributed by atoms with Crippen molar-refractivity contribution in [1.29, 1.82) is 5.26 Å². The molecule has 2 aromatic rings. The highest BCUT2D eigenvalue weighted by Gasteiger charge is 2.20. The third kappa shape index (κ3) is 3.98. The summed E-state index contributed by atoms with van der Waals surface area (Å²) in [5.74, 6) is 0.193. The fraction of sp³-hybridized carbons (Fsp3) is 0.263. The minimum Gasteiger partial charge on any atom is -0.380 e. The number of carbonyl (C=O) groups excluding carboxylic acids is 1. The number of non-ortho nitro benzene ring substituents is 1. The molecule has 0 bridgehead atoms. The number of hydrogen-bond donors (Lipinski definition) is 1. The Balaban J connectivity index is 1.68. The average Bonchev–Trinajstić information content (AvgIpc) is 3.04. The van der Waals surface area contributed by atoms with Gasteiger partial charge in [-0.2, -0.15) is 5.26 Å². The van der Waals surface area contributed by atoms with Crippen LogP contribution in [-0.4, -0.2) is 22.3 Å². The Hall–Kier alpha value is -3.40. The Morgan fingerprint density at radius 2 is 2.04 bits per heavy atom. The largest absolute Gasteiger partial charge is 0.380 e. The van der Waals surface area contributed by atoms with Crippen molar-refractivity contribution in [2.24, 2.45) is 0 Å². The fourth-order valence-electron chi connectivity index (χ4n) is 3.02. The molecular formula is C19H18N4O3. The average molecular weight is 350 g/mol. The number of nitro groups is 1. The number of anilines is 1. The molecule has 3 rings (SSSR count). The third-order valence-corrected chi connectivity index (χ3v) is 4.35. The van der Waals surface area contributed by atoms with E-state index in [1.165, 1.54) is 12.1 Å². The summed E-state index contributed by atoms with van der Waals surface area (Å²) < 4.78 is 0. The second kappa shape index (κ2) is 7.66. The van der Waals surface area contributed by atoms with E-state index in [0.29, 0.717) is 25.2 Å². The first-order chi connectivity index (χ1) is 12.6. The van der Waals surface area contributed by atoms with E-state index in [9.17, 15) is 20.2 Å². The van der Waals surface area contributed by atoms with E-state index >= 15 is 0 Å². The van der Waals surface area contributed by atoms with Gasteiger partial charge in [0, 0.05) is 38.2 Å². The third-order valence-electron chi connectivity index (χ3n) is 4.35. The quantitative estimate of drug-likeness (QED) is 0.637. The van der Waals surface area contributed by atoms with Crippen molar-refractivity contribution >= 4 is 17.3 Å². The van der Waals surface area contributed by atoms with Crippen molar-refractivity contribution in [1.82, 2.24) is 4.90 Å². The van der Waals surface area contributed by atoms with Crippen molar-refractivity contribution in [3.05, 3.63) is 69.3 Å². The lowest BCUT2D eigenvalue weighted by Crippen LogP contribution is -2.23. The molecule has 1 fully saturated rings. The molecule has 1 aliphatic rings. The van der Waals surface area contributed by atoms with Gasteiger partial charge in [-0.05, 0) is 23.6 Å². The van der Waals surface area contributed by atoms with Crippen LogP contribution in [0.5, 0.6) is 0 Å². The Morgan fingerprint density at radius 1 is 1.23 bits per heavy atom. The molecular weight excluding hydrogens is 332 g/mol. The highest BCUT2D eigenvalue weighted by molar-refractivity contribution is 5.78. The Labute approximate surface area is 151 Å². The van der Waals surface area contributed by atoms with Crippen molar-refractivity contribution in [2.45, 2.75) is 25.9 Å². The monoisotopic (exact) mass is 350 g/mol. The molecule has 1 amide bonds. The molecule has 1 heterocycles. The standard InChI is InChI=1S/C19H18N4O3/c20-11-16-10-17(23(25)26)6-7-18(16)21-12-14-3-1-4-15(9-14)13-22-8-2-5-19(22)24/h1,3-4,6-7,9-10,21H,2,5,8,12-13H2. The molecule has 1 aliphatic heterocycles. The molecule has 2 aromatic carbocycles. The molecule has 1 saturated heterocycles. The van der Waals surface area contributed by atoms with Gasteiger partial charge in [-0.1, -0.05) is 24.3 Å². The van der Waals surface area contributed by atoms with Gasteiger partial charge in [0.15, 0.2) is 0 Å². The zero-order chi connectivity index (χ0) is 18.5. The van der Waals surface area contributed by atoms with Crippen molar-refractivity contribution in [2.75, 3.05) is 11.9 Å². The number of carbonyl (C=O) groups is 1. The van der Waals surface area contributed by atoms with E-state index in [-0.39, 0.29) is 17.2 Å². The summed E-state index contributed by atoms with van der Waals surface area (Å²) in [6, 6.07) is 14.1. The van der Waals surface area contributed by atoms with Gasteiger partial charge in [-0.25, -0.2) is 0 Å². The maximum absolute atomic E-state index is 11.8. The molecule has 1 N–H and O–H groups in total. The zero-order valence-corrected chi connectivity index (χ0v) is 14.1. The van der Waals surface area contributed by atoms with Gasteiger partial charge in [0.05, 0.1) is 16.2 Å². The molecule has 0 radical (unpaired) electrons. The van der Waals surface area contributed by atoms with Crippen LogP contribution in [0.25, 0.3) is 0 Å². The second-order valence-corrected chi connectivity index (χ2v) is 6.19. The number of nitrogens with zero attached hydrogens (tertiary/aromatic N) is 3. The summed E-state index contributed by atoms with van der Waals surface area (Å²) in [5, 5.41) is 23.2. The van der Waals surface area contributed by atoms with Gasteiger partial charge < -0.3 is 10.2 Å². The molecule has 26 heavy (non-hydrogen) atoms. The highest BCUT2D eigenvalue weighted by atomic mass is 16.6. The van der Waals surface area contributed by atoms with Crippen LogP contribution in [0.4, 0.5) is 11.4 Å². The van der Waals surface area contributed by atoms with Crippen molar-refractivity contribution in [3.8, 4) is 6.07 Å². The molecule has 0 spiro atoms. The molecule has 7 nitrogen and oxygen atoms in total. The number of benzene rings is 2. The number of hydrogen-bond acceptors (Lipinski definition) is 5. The molecule has 0 saturated carbocycles. The van der Waals surface area contributed by atoms with Crippen LogP contribution in [0.15, 0.2) is 42.5 Å². The molecule has 132 valence electrons. The second-order valence-electron chi connectivity index (χ2n) is 6.19. The van der Waals surface area contributed by atoms with Gasteiger partial charge in [-0.3, -0.25) is 14.9 Å². The molecule has 0 atom stereocenters. The first-order valence-electron chi connectivity index (χ1n) is 8.35. The number of amides is 1. The Bertz CT molecular complexity index is 889. The maximum Gasteiger partial charge on any atom is 0.270 e. The topological polar surface area (TPSA) is 99.3 Å². The number of nitro benzene ring substituents is 1. The lowest BCUT2D eigenvalue weighted by Gasteiger charge is -2.16. The molecule has 0 aliphatic carbocycles. The zero-order valence-electron chi connectivity index (χ0n) is 14.1. The number of rotatable bonds is 6. The summed E-state index contributed by atoms with van der Waals surface area (Å²) in [4.78, 5) is 23.9. The van der Waals surface area contributed by atoms with Crippen LogP contribution in [0.1, 0.15) is 29.5 Å². The van der Waals surface area contributed by atoms with Gasteiger partial charge in [0.2, 0.25) is 5.91 Å². The van der Waals surface area contributed by atoms with Gasteiger partial charge in [-0.15, -0.1) is 0 Å². The van der Waals surface area contributed by atoms with Crippen molar-refractivity contribution < 1.29 is 9.72 Å². The Kier molecular flexibility index (Phi) is 5.13. The number of likely N-dealkylation sites (tertiary alicyclic amines) is 1. The van der Waals surface area contributed by atoms with E-state index < -0.39 is 4.92 Å². The number of nitrogens with one attached hydrogen (secondary N) is 1.